The van der Waals surface area contributed by atoms with E-state index < -0.39 is 0 Å². The molecular weight excluding hydrogens is 225 g/mol. The van der Waals surface area contributed by atoms with Crippen molar-refractivity contribution in [3.05, 3.63) is 33.4 Å². The molecule has 0 fully saturated rings. The topological polar surface area (TPSA) is 23.8 Å². The van der Waals surface area contributed by atoms with E-state index in [1.165, 1.54) is 0 Å². The van der Waals surface area contributed by atoms with Gasteiger partial charge in [0, 0.05) is 3.57 Å². The van der Waals surface area contributed by atoms with Crippen LogP contribution in [-0.2, 0) is 0 Å². The molecule has 0 saturated heterocycles. The van der Waals surface area contributed by atoms with Crippen LogP contribution in [0.1, 0.15) is 5.56 Å². The van der Waals surface area contributed by atoms with Crippen molar-refractivity contribution in [1.82, 2.24) is 0 Å². The molecule has 1 aromatic rings. The quantitative estimate of drug-likeness (QED) is 0.625. The summed E-state index contributed by atoms with van der Waals surface area (Å²) in [5.41, 5.74) is 0.748. The molecule has 0 spiro atoms. The standard InChI is InChI=1S/C7H4IN/c8-7-4-2-1-3-6(7)5-9/h1-4H. The van der Waals surface area contributed by atoms with E-state index in [0.29, 0.717) is 0 Å². The zero-order valence-corrected chi connectivity index (χ0v) is 6.79. The van der Waals surface area contributed by atoms with E-state index in [0.717, 1.165) is 9.13 Å². The van der Waals surface area contributed by atoms with Crippen LogP contribution in [0.4, 0.5) is 0 Å². The van der Waals surface area contributed by atoms with Gasteiger partial charge in [-0.25, -0.2) is 0 Å². The van der Waals surface area contributed by atoms with Crippen LogP contribution in [0.15, 0.2) is 24.3 Å². The average molecular weight is 229 g/mol. The van der Waals surface area contributed by atoms with Gasteiger partial charge < -0.3 is 0 Å². The van der Waals surface area contributed by atoms with Gasteiger partial charge in [0.05, 0.1) is 5.56 Å². The second-order valence-corrected chi connectivity index (χ2v) is 2.75. The Morgan fingerprint density at radius 2 is 2.00 bits per heavy atom. The molecule has 0 heterocycles. The molecule has 0 radical (unpaired) electrons. The number of halogens is 1. The molecule has 44 valence electrons. The lowest BCUT2D eigenvalue weighted by Gasteiger charge is -1.88. The van der Waals surface area contributed by atoms with Crippen LogP contribution in [0.25, 0.3) is 0 Å². The summed E-state index contributed by atoms with van der Waals surface area (Å²) in [6, 6.07) is 9.59. The van der Waals surface area contributed by atoms with E-state index in [-0.39, 0.29) is 0 Å². The molecule has 0 aliphatic rings. The zero-order valence-electron chi connectivity index (χ0n) is 4.63. The van der Waals surface area contributed by atoms with Crippen molar-refractivity contribution in [2.45, 2.75) is 0 Å². The van der Waals surface area contributed by atoms with Crippen LogP contribution in [0.2, 0.25) is 0 Å². The molecule has 0 unspecified atom stereocenters. The van der Waals surface area contributed by atoms with Gasteiger partial charge in [-0.1, -0.05) is 12.1 Å². The summed E-state index contributed by atoms with van der Waals surface area (Å²) in [6.45, 7) is 0. The predicted octanol–water partition coefficient (Wildman–Crippen LogP) is 2.16. The van der Waals surface area contributed by atoms with E-state index in [2.05, 4.69) is 28.7 Å². The summed E-state index contributed by atoms with van der Waals surface area (Å²) in [5.74, 6) is 0. The minimum Gasteiger partial charge on any atom is -0.192 e. The third-order valence-electron chi connectivity index (χ3n) is 0.994. The van der Waals surface area contributed by atoms with Gasteiger partial charge in [0.1, 0.15) is 6.07 Å². The highest BCUT2D eigenvalue weighted by Crippen LogP contribution is 2.08. The Bertz CT molecular complexity index is 249. The van der Waals surface area contributed by atoms with Gasteiger partial charge in [-0.15, -0.1) is 0 Å². The van der Waals surface area contributed by atoms with E-state index in [9.17, 15) is 0 Å². The SMILES string of the molecule is N#Cc1ccccc1I. The van der Waals surface area contributed by atoms with Gasteiger partial charge in [-0.05, 0) is 34.7 Å². The molecule has 0 amide bonds. The second-order valence-electron chi connectivity index (χ2n) is 1.59. The molecule has 1 aromatic carbocycles. The first-order chi connectivity index (χ1) is 4.34. The second kappa shape index (κ2) is 2.83. The van der Waals surface area contributed by atoms with E-state index in [4.69, 9.17) is 5.26 Å². The summed E-state index contributed by atoms with van der Waals surface area (Å²) in [4.78, 5) is 0. The van der Waals surface area contributed by atoms with Gasteiger partial charge in [0.2, 0.25) is 0 Å². The molecule has 1 rings (SSSR count). The molecule has 0 N–H and O–H groups in total. The highest BCUT2D eigenvalue weighted by atomic mass is 127. The van der Waals surface area contributed by atoms with Crippen LogP contribution in [-0.4, -0.2) is 0 Å². The molecule has 1 nitrogen and oxygen atoms in total. The minimum absolute atomic E-state index is 0.748. The molecule has 0 aliphatic heterocycles. The smallest absolute Gasteiger partial charge is 0.100 e. The molecule has 0 atom stereocenters. The Balaban J connectivity index is 3.20. The Kier molecular flexibility index (Phi) is 2.06. The number of benzene rings is 1. The van der Waals surface area contributed by atoms with Crippen molar-refractivity contribution < 1.29 is 0 Å². The lowest BCUT2D eigenvalue weighted by molar-refractivity contribution is 1.46. The van der Waals surface area contributed by atoms with Gasteiger partial charge in [-0.3, -0.25) is 0 Å². The van der Waals surface area contributed by atoms with E-state index in [1.54, 1.807) is 0 Å². The van der Waals surface area contributed by atoms with Gasteiger partial charge >= 0.3 is 0 Å². The first-order valence-corrected chi connectivity index (χ1v) is 3.57. The van der Waals surface area contributed by atoms with Crippen molar-refractivity contribution in [1.29, 1.82) is 5.26 Å². The van der Waals surface area contributed by atoms with Crippen molar-refractivity contribution >= 4 is 22.6 Å². The van der Waals surface area contributed by atoms with Crippen molar-refractivity contribution in [3.63, 3.8) is 0 Å². The molecule has 9 heavy (non-hydrogen) atoms. The number of rotatable bonds is 0. The Hall–Kier alpha value is -0.560. The van der Waals surface area contributed by atoms with Gasteiger partial charge in [0.15, 0.2) is 0 Å². The van der Waals surface area contributed by atoms with Gasteiger partial charge in [-0.2, -0.15) is 5.26 Å². The molecule has 2 heteroatoms. The fourth-order valence-corrected chi connectivity index (χ4v) is 1.06. The summed E-state index contributed by atoms with van der Waals surface area (Å²) in [6.07, 6.45) is 0. The average Bonchev–Trinajstić information content (AvgIpc) is 1.89. The molecular formula is C7H4IN. The Morgan fingerprint density at radius 1 is 1.33 bits per heavy atom. The zero-order chi connectivity index (χ0) is 6.69. The van der Waals surface area contributed by atoms with Crippen LogP contribution >= 0.6 is 22.6 Å². The monoisotopic (exact) mass is 229 g/mol. The van der Waals surface area contributed by atoms with Crippen LogP contribution < -0.4 is 0 Å². The first-order valence-electron chi connectivity index (χ1n) is 2.49. The molecule has 0 aliphatic carbocycles. The third kappa shape index (κ3) is 1.42. The van der Waals surface area contributed by atoms with Gasteiger partial charge in [0.25, 0.3) is 0 Å². The summed E-state index contributed by atoms with van der Waals surface area (Å²) >= 11 is 2.14. The maximum absolute atomic E-state index is 8.46. The summed E-state index contributed by atoms with van der Waals surface area (Å²) in [5, 5.41) is 8.46. The Labute approximate surface area is 67.5 Å². The van der Waals surface area contributed by atoms with Crippen LogP contribution in [0.3, 0.4) is 0 Å². The fraction of sp³-hybridized carbons (Fsp3) is 0. The molecule has 0 saturated carbocycles. The lowest BCUT2D eigenvalue weighted by atomic mass is 10.2. The minimum atomic E-state index is 0.748. The van der Waals surface area contributed by atoms with Crippen LogP contribution in [0, 0.1) is 14.9 Å². The summed E-state index contributed by atoms with van der Waals surface area (Å²) in [7, 11) is 0. The largest absolute Gasteiger partial charge is 0.192 e. The predicted molar refractivity (Wildman–Crippen MR) is 43.9 cm³/mol. The Morgan fingerprint density at radius 3 is 2.44 bits per heavy atom. The normalized spacial score (nSPS) is 8.44. The highest BCUT2D eigenvalue weighted by molar-refractivity contribution is 14.1. The molecule has 0 aromatic heterocycles. The van der Waals surface area contributed by atoms with Crippen molar-refractivity contribution in [2.75, 3.05) is 0 Å². The lowest BCUT2D eigenvalue weighted by Crippen LogP contribution is -1.76. The number of nitrogens with zero attached hydrogens (tertiary/aromatic N) is 1. The third-order valence-corrected chi connectivity index (χ3v) is 1.93. The summed E-state index contributed by atoms with van der Waals surface area (Å²) < 4.78 is 1.01. The molecule has 0 bridgehead atoms. The van der Waals surface area contributed by atoms with E-state index >= 15 is 0 Å². The maximum atomic E-state index is 8.46. The van der Waals surface area contributed by atoms with E-state index in [1.807, 2.05) is 24.3 Å². The maximum Gasteiger partial charge on any atom is 0.100 e. The highest BCUT2D eigenvalue weighted by Gasteiger charge is 1.91. The van der Waals surface area contributed by atoms with Crippen molar-refractivity contribution in [2.24, 2.45) is 0 Å². The first kappa shape index (κ1) is 6.56. The van der Waals surface area contributed by atoms with Crippen LogP contribution in [0.5, 0.6) is 0 Å². The number of nitriles is 1. The number of hydrogen-bond donors (Lipinski definition) is 0. The number of hydrogen-bond acceptors (Lipinski definition) is 1. The van der Waals surface area contributed by atoms with Crippen molar-refractivity contribution in [3.8, 4) is 6.07 Å². The fourth-order valence-electron chi connectivity index (χ4n) is 0.552.